The molecular weight excluding hydrogens is 395 g/mol. The SMILES string of the molecule is CC(=O)c1ccc(Nc2ncnc(NNC(=O)c3ccc(F)cc3)c2[N+](=O)[O-])cc1. The number of nitrogens with one attached hydrogen (secondary N) is 3. The maximum atomic E-state index is 13.0. The molecule has 0 saturated heterocycles. The van der Waals surface area contributed by atoms with Gasteiger partial charge in [-0.05, 0) is 55.5 Å². The maximum Gasteiger partial charge on any atom is 0.355 e. The van der Waals surface area contributed by atoms with Gasteiger partial charge in [0.1, 0.15) is 12.1 Å². The van der Waals surface area contributed by atoms with E-state index in [9.17, 15) is 24.1 Å². The number of hydrogen-bond donors (Lipinski definition) is 3. The summed E-state index contributed by atoms with van der Waals surface area (Å²) in [6.07, 6.45) is 1.08. The van der Waals surface area contributed by atoms with Crippen LogP contribution in [0.2, 0.25) is 0 Å². The zero-order chi connectivity index (χ0) is 21.7. The van der Waals surface area contributed by atoms with Crippen molar-refractivity contribution in [2.24, 2.45) is 0 Å². The number of rotatable bonds is 7. The first-order chi connectivity index (χ1) is 14.3. The van der Waals surface area contributed by atoms with Crippen molar-refractivity contribution >= 4 is 34.7 Å². The molecule has 0 unspecified atom stereocenters. The van der Waals surface area contributed by atoms with Crippen molar-refractivity contribution in [3.8, 4) is 0 Å². The Balaban J connectivity index is 1.80. The van der Waals surface area contributed by atoms with E-state index in [2.05, 4.69) is 26.1 Å². The Morgan fingerprint density at radius 3 is 2.17 bits per heavy atom. The van der Waals surface area contributed by atoms with Gasteiger partial charge in [0.2, 0.25) is 11.6 Å². The molecule has 30 heavy (non-hydrogen) atoms. The van der Waals surface area contributed by atoms with Crippen LogP contribution in [0.25, 0.3) is 0 Å². The fourth-order valence-corrected chi connectivity index (χ4v) is 2.45. The van der Waals surface area contributed by atoms with Crippen molar-refractivity contribution in [1.29, 1.82) is 0 Å². The predicted octanol–water partition coefficient (Wildman–Crippen LogP) is 3.23. The lowest BCUT2D eigenvalue weighted by molar-refractivity contribution is -0.383. The van der Waals surface area contributed by atoms with E-state index in [4.69, 9.17) is 0 Å². The van der Waals surface area contributed by atoms with Gasteiger partial charge in [-0.1, -0.05) is 0 Å². The largest absolute Gasteiger partial charge is 0.355 e. The first kappa shape index (κ1) is 20.3. The molecule has 3 aromatic rings. The first-order valence-electron chi connectivity index (χ1n) is 8.54. The lowest BCUT2D eigenvalue weighted by Crippen LogP contribution is -2.30. The fraction of sp³-hybridized carbons (Fsp3) is 0.0526. The molecular formula is C19H15FN6O4. The number of hydrazine groups is 1. The number of ketones is 1. The molecule has 10 nitrogen and oxygen atoms in total. The van der Waals surface area contributed by atoms with Crippen LogP contribution in [-0.4, -0.2) is 26.6 Å². The number of carbonyl (C=O) groups is 2. The number of amides is 1. The number of aromatic nitrogens is 2. The summed E-state index contributed by atoms with van der Waals surface area (Å²) in [6, 6.07) is 11.0. The highest BCUT2D eigenvalue weighted by Crippen LogP contribution is 2.30. The molecule has 0 aliphatic heterocycles. The van der Waals surface area contributed by atoms with Crippen LogP contribution in [-0.2, 0) is 0 Å². The maximum absolute atomic E-state index is 13.0. The lowest BCUT2D eigenvalue weighted by atomic mass is 10.1. The molecule has 0 radical (unpaired) electrons. The Labute approximate surface area is 169 Å². The third kappa shape index (κ3) is 4.70. The minimum atomic E-state index is -0.710. The van der Waals surface area contributed by atoms with Gasteiger partial charge in [-0.25, -0.2) is 14.4 Å². The molecule has 1 amide bonds. The van der Waals surface area contributed by atoms with Crippen molar-refractivity contribution in [3.63, 3.8) is 0 Å². The molecule has 3 N–H and O–H groups in total. The van der Waals surface area contributed by atoms with Gasteiger partial charge >= 0.3 is 5.69 Å². The molecule has 0 fully saturated rings. The van der Waals surface area contributed by atoms with Crippen molar-refractivity contribution in [1.82, 2.24) is 15.4 Å². The third-order valence-corrected chi connectivity index (χ3v) is 3.96. The molecule has 11 heteroatoms. The number of carbonyl (C=O) groups excluding carboxylic acids is 2. The van der Waals surface area contributed by atoms with E-state index in [1.165, 1.54) is 19.1 Å². The van der Waals surface area contributed by atoms with Gasteiger partial charge in [0.15, 0.2) is 5.78 Å². The predicted molar refractivity (Wildman–Crippen MR) is 106 cm³/mol. The van der Waals surface area contributed by atoms with E-state index in [0.29, 0.717) is 11.3 Å². The summed E-state index contributed by atoms with van der Waals surface area (Å²) in [5.41, 5.74) is 5.24. The van der Waals surface area contributed by atoms with E-state index in [1.54, 1.807) is 24.3 Å². The van der Waals surface area contributed by atoms with E-state index in [1.807, 2.05) is 0 Å². The van der Waals surface area contributed by atoms with Crippen LogP contribution in [0.3, 0.4) is 0 Å². The van der Waals surface area contributed by atoms with Crippen molar-refractivity contribution in [3.05, 3.63) is 81.9 Å². The van der Waals surface area contributed by atoms with Crippen molar-refractivity contribution in [2.75, 3.05) is 10.7 Å². The summed E-state index contributed by atoms with van der Waals surface area (Å²) in [5.74, 6) is -1.63. The number of hydrogen-bond acceptors (Lipinski definition) is 8. The first-order valence-corrected chi connectivity index (χ1v) is 8.54. The van der Waals surface area contributed by atoms with E-state index < -0.39 is 22.3 Å². The van der Waals surface area contributed by atoms with Gasteiger partial charge in [-0.15, -0.1) is 0 Å². The van der Waals surface area contributed by atoms with E-state index in [0.717, 1.165) is 18.5 Å². The minimum absolute atomic E-state index is 0.113. The third-order valence-electron chi connectivity index (χ3n) is 3.96. The Morgan fingerprint density at radius 1 is 0.967 bits per heavy atom. The van der Waals surface area contributed by atoms with Gasteiger partial charge < -0.3 is 5.32 Å². The van der Waals surface area contributed by atoms with Crippen LogP contribution in [0, 0.1) is 15.9 Å². The summed E-state index contributed by atoms with van der Waals surface area (Å²) < 4.78 is 13.0. The molecule has 0 aliphatic rings. The molecule has 0 spiro atoms. The Morgan fingerprint density at radius 2 is 1.57 bits per heavy atom. The second kappa shape index (κ2) is 8.73. The molecule has 2 aromatic carbocycles. The van der Waals surface area contributed by atoms with E-state index >= 15 is 0 Å². The number of Topliss-reactive ketones (excluding diaryl/α,β-unsaturated/α-hetero) is 1. The number of nitrogens with zero attached hydrogens (tertiary/aromatic N) is 3. The summed E-state index contributed by atoms with van der Waals surface area (Å²) in [6.45, 7) is 1.43. The van der Waals surface area contributed by atoms with Crippen LogP contribution >= 0.6 is 0 Å². The average molecular weight is 410 g/mol. The van der Waals surface area contributed by atoms with Gasteiger partial charge in [-0.2, -0.15) is 0 Å². The van der Waals surface area contributed by atoms with Crippen LogP contribution in [0.1, 0.15) is 27.6 Å². The molecule has 1 heterocycles. The molecule has 1 aromatic heterocycles. The molecule has 0 aliphatic carbocycles. The summed E-state index contributed by atoms with van der Waals surface area (Å²) in [7, 11) is 0. The minimum Gasteiger partial charge on any atom is -0.334 e. The van der Waals surface area contributed by atoms with Crippen LogP contribution in [0.5, 0.6) is 0 Å². The van der Waals surface area contributed by atoms with Crippen molar-refractivity contribution in [2.45, 2.75) is 6.92 Å². The number of anilines is 3. The van der Waals surface area contributed by atoms with E-state index in [-0.39, 0.29) is 23.0 Å². The highest BCUT2D eigenvalue weighted by atomic mass is 19.1. The normalized spacial score (nSPS) is 10.2. The summed E-state index contributed by atoms with van der Waals surface area (Å²) in [4.78, 5) is 42.0. The number of benzene rings is 2. The Kier molecular flexibility index (Phi) is 5.92. The zero-order valence-corrected chi connectivity index (χ0v) is 15.5. The fourth-order valence-electron chi connectivity index (χ4n) is 2.45. The van der Waals surface area contributed by atoms with Crippen LogP contribution < -0.4 is 16.2 Å². The van der Waals surface area contributed by atoms with Crippen molar-refractivity contribution < 1.29 is 18.9 Å². The molecule has 152 valence electrons. The second-order valence-electron chi connectivity index (χ2n) is 6.02. The molecule has 0 saturated carbocycles. The Hall–Kier alpha value is -4.41. The lowest BCUT2D eigenvalue weighted by Gasteiger charge is -2.11. The number of halogens is 1. The zero-order valence-electron chi connectivity index (χ0n) is 15.5. The summed E-state index contributed by atoms with van der Waals surface area (Å²) >= 11 is 0. The van der Waals surface area contributed by atoms with Gasteiger partial charge in [0, 0.05) is 16.8 Å². The topological polar surface area (TPSA) is 139 Å². The summed E-state index contributed by atoms with van der Waals surface area (Å²) in [5, 5.41) is 14.4. The van der Waals surface area contributed by atoms with Crippen LogP contribution in [0.4, 0.5) is 27.4 Å². The number of nitro groups is 1. The monoisotopic (exact) mass is 410 g/mol. The average Bonchev–Trinajstić information content (AvgIpc) is 2.72. The van der Waals surface area contributed by atoms with Crippen LogP contribution in [0.15, 0.2) is 54.9 Å². The van der Waals surface area contributed by atoms with Gasteiger partial charge in [0.25, 0.3) is 5.91 Å². The standard InChI is InChI=1S/C19H15FN6O4/c1-11(27)12-4-8-15(9-5-12)23-17-16(26(29)30)18(22-10-21-17)24-25-19(28)13-2-6-14(20)7-3-13/h2-10H,1H3,(H,25,28)(H2,21,22,23,24). The smallest absolute Gasteiger partial charge is 0.334 e. The van der Waals surface area contributed by atoms with Gasteiger partial charge in [-0.3, -0.25) is 30.6 Å². The highest BCUT2D eigenvalue weighted by Gasteiger charge is 2.23. The van der Waals surface area contributed by atoms with Gasteiger partial charge in [0.05, 0.1) is 4.92 Å². The highest BCUT2D eigenvalue weighted by molar-refractivity contribution is 5.95. The quantitative estimate of drug-likeness (QED) is 0.306. The molecule has 3 rings (SSSR count). The molecule has 0 atom stereocenters. The second-order valence-corrected chi connectivity index (χ2v) is 6.02. The Bertz CT molecular complexity index is 1100. The molecule has 0 bridgehead atoms.